The van der Waals surface area contributed by atoms with Gasteiger partial charge in [-0.25, -0.2) is 4.79 Å². The van der Waals surface area contributed by atoms with Crippen molar-refractivity contribution in [3.8, 4) is 5.75 Å². The van der Waals surface area contributed by atoms with Crippen molar-refractivity contribution in [3.05, 3.63) is 52.1 Å². The molecular weight excluding hydrogens is 440 g/mol. The lowest BCUT2D eigenvalue weighted by molar-refractivity contribution is -0.132. The number of halogens is 1. The van der Waals surface area contributed by atoms with Crippen LogP contribution in [0, 0.1) is 5.92 Å². The van der Waals surface area contributed by atoms with E-state index in [2.05, 4.69) is 30.0 Å². The van der Waals surface area contributed by atoms with Crippen molar-refractivity contribution < 1.29 is 19.5 Å². The fourth-order valence-corrected chi connectivity index (χ4v) is 5.65. The molecule has 1 spiro atoms. The molecule has 0 amide bonds. The maximum Gasteiger partial charge on any atom is 0.335 e. The van der Waals surface area contributed by atoms with E-state index in [1.165, 1.54) is 11.1 Å². The van der Waals surface area contributed by atoms with Gasteiger partial charge in [-0.3, -0.25) is 4.90 Å². The van der Waals surface area contributed by atoms with Crippen LogP contribution in [0.3, 0.4) is 0 Å². The third-order valence-corrected chi connectivity index (χ3v) is 7.89. The van der Waals surface area contributed by atoms with E-state index in [1.54, 1.807) is 12.2 Å². The molecule has 1 fully saturated rings. The van der Waals surface area contributed by atoms with Crippen molar-refractivity contribution in [1.29, 1.82) is 0 Å². The Kier molecular flexibility index (Phi) is 5.78. The van der Waals surface area contributed by atoms with Gasteiger partial charge in [0, 0.05) is 50.4 Å². The topological polar surface area (TPSA) is 71.4 Å². The van der Waals surface area contributed by atoms with Crippen LogP contribution in [0.4, 0.5) is 0 Å². The molecule has 3 aliphatic heterocycles. The van der Waals surface area contributed by atoms with Crippen LogP contribution in [-0.2, 0) is 21.6 Å². The number of benzene rings is 1. The third-order valence-electron chi connectivity index (χ3n) is 7.61. The summed E-state index contributed by atoms with van der Waals surface area (Å²) in [6.45, 7) is 7.98. The van der Waals surface area contributed by atoms with E-state index in [0.29, 0.717) is 23.6 Å². The summed E-state index contributed by atoms with van der Waals surface area (Å²) in [5.41, 5.74) is 3.67. The first-order chi connectivity index (χ1) is 15.7. The molecule has 6 nitrogen and oxygen atoms in total. The van der Waals surface area contributed by atoms with E-state index in [1.807, 2.05) is 12.1 Å². The Hall–Kier alpha value is -2.31. The number of aliphatic carboxylic acids is 1. The molecule has 1 aromatic rings. The van der Waals surface area contributed by atoms with Gasteiger partial charge in [0.1, 0.15) is 11.4 Å². The van der Waals surface area contributed by atoms with Gasteiger partial charge in [0.25, 0.3) is 0 Å². The lowest BCUT2D eigenvalue weighted by Gasteiger charge is -2.38. The highest BCUT2D eigenvalue weighted by Crippen LogP contribution is 2.44. The Bertz CT molecular complexity index is 1050. The molecule has 1 N–H and O–H groups in total. The monoisotopic (exact) mass is 470 g/mol. The van der Waals surface area contributed by atoms with Crippen molar-refractivity contribution in [1.82, 2.24) is 4.90 Å². The van der Waals surface area contributed by atoms with Crippen LogP contribution < -0.4 is 4.74 Å². The lowest BCUT2D eigenvalue weighted by Crippen LogP contribution is -2.44. The number of piperidine rings is 1. The van der Waals surface area contributed by atoms with Crippen molar-refractivity contribution >= 4 is 23.3 Å². The van der Waals surface area contributed by atoms with Crippen LogP contribution in [0.25, 0.3) is 0 Å². The summed E-state index contributed by atoms with van der Waals surface area (Å²) in [4.78, 5) is 19.6. The van der Waals surface area contributed by atoms with Gasteiger partial charge in [0.15, 0.2) is 0 Å². The molecule has 176 valence electrons. The molecule has 7 heteroatoms. The first-order valence-corrected chi connectivity index (χ1v) is 12.2. The minimum absolute atomic E-state index is 0.0681. The van der Waals surface area contributed by atoms with Gasteiger partial charge in [-0.2, -0.15) is 0 Å². The number of hydrogen-bond acceptors (Lipinski definition) is 5. The number of ether oxygens (including phenoxy) is 1. The molecule has 3 heterocycles. The highest BCUT2D eigenvalue weighted by Gasteiger charge is 2.43. The van der Waals surface area contributed by atoms with Crippen LogP contribution in [0.1, 0.15) is 57.1 Å². The van der Waals surface area contributed by atoms with E-state index < -0.39 is 5.97 Å². The van der Waals surface area contributed by atoms with Gasteiger partial charge < -0.3 is 14.7 Å². The van der Waals surface area contributed by atoms with Crippen LogP contribution >= 0.6 is 11.6 Å². The number of nitrogens with zero attached hydrogens (tertiary/aromatic N) is 2. The number of likely N-dealkylation sites (tertiary alicyclic amines) is 1. The molecule has 1 aromatic carbocycles. The molecular formula is C26H31ClN2O4. The molecule has 4 aliphatic rings. The highest BCUT2D eigenvalue weighted by molar-refractivity contribution is 6.32. The zero-order valence-electron chi connectivity index (χ0n) is 19.3. The Morgan fingerprint density at radius 1 is 1.27 bits per heavy atom. The zero-order chi connectivity index (χ0) is 23.2. The second-order valence-corrected chi connectivity index (χ2v) is 10.8. The van der Waals surface area contributed by atoms with E-state index in [9.17, 15) is 4.79 Å². The Morgan fingerprint density at radius 3 is 2.76 bits per heavy atom. The maximum absolute atomic E-state index is 11.1. The number of allylic oxidation sites excluding steroid dienone is 2. The predicted octanol–water partition coefficient (Wildman–Crippen LogP) is 5.10. The summed E-state index contributed by atoms with van der Waals surface area (Å²) in [6.07, 6.45) is 9.76. The minimum atomic E-state index is -0.880. The molecule has 1 atom stereocenters. The lowest BCUT2D eigenvalue weighted by atomic mass is 9.79. The van der Waals surface area contributed by atoms with E-state index in [-0.39, 0.29) is 16.9 Å². The summed E-state index contributed by atoms with van der Waals surface area (Å²) >= 11 is 6.59. The van der Waals surface area contributed by atoms with Crippen molar-refractivity contribution in [2.24, 2.45) is 11.1 Å². The first-order valence-electron chi connectivity index (χ1n) is 11.8. The Balaban J connectivity index is 1.19. The maximum atomic E-state index is 11.1. The Labute approximate surface area is 199 Å². The quantitative estimate of drug-likeness (QED) is 0.663. The van der Waals surface area contributed by atoms with E-state index in [0.717, 1.165) is 56.8 Å². The number of rotatable bonds is 4. The summed E-state index contributed by atoms with van der Waals surface area (Å²) in [6, 6.07) is 4.32. The number of fused-ring (bicyclic) bond motifs is 1. The molecule has 1 saturated heterocycles. The zero-order valence-corrected chi connectivity index (χ0v) is 20.0. The fraction of sp³-hybridized carbons (Fsp3) is 0.538. The van der Waals surface area contributed by atoms with Gasteiger partial charge in [0.2, 0.25) is 0 Å². The smallest absolute Gasteiger partial charge is 0.335 e. The van der Waals surface area contributed by atoms with Crippen molar-refractivity contribution in [2.75, 3.05) is 19.7 Å². The molecule has 1 unspecified atom stereocenters. The molecule has 5 rings (SSSR count). The molecule has 0 saturated carbocycles. The Morgan fingerprint density at radius 2 is 2.06 bits per heavy atom. The van der Waals surface area contributed by atoms with Gasteiger partial charge in [0.05, 0.1) is 22.9 Å². The van der Waals surface area contributed by atoms with Crippen LogP contribution in [0.2, 0.25) is 5.02 Å². The minimum Gasteiger partial charge on any atom is -0.492 e. The number of carbonyl (C=O) groups is 1. The summed E-state index contributed by atoms with van der Waals surface area (Å²) < 4.78 is 5.86. The van der Waals surface area contributed by atoms with Gasteiger partial charge in [-0.1, -0.05) is 54.9 Å². The summed E-state index contributed by atoms with van der Waals surface area (Å²) in [7, 11) is 0. The number of carboxylic acid groups (broad SMARTS) is 1. The predicted molar refractivity (Wildman–Crippen MR) is 128 cm³/mol. The van der Waals surface area contributed by atoms with Gasteiger partial charge in [-0.15, -0.1) is 0 Å². The second-order valence-electron chi connectivity index (χ2n) is 10.4. The van der Waals surface area contributed by atoms with Crippen molar-refractivity contribution in [3.63, 3.8) is 0 Å². The number of oxime groups is 1. The largest absolute Gasteiger partial charge is 0.492 e. The average molecular weight is 471 g/mol. The molecule has 0 bridgehead atoms. The summed E-state index contributed by atoms with van der Waals surface area (Å²) in [5.74, 6) is 0.101. The summed E-state index contributed by atoms with van der Waals surface area (Å²) in [5, 5.41) is 14.3. The molecule has 33 heavy (non-hydrogen) atoms. The van der Waals surface area contributed by atoms with Crippen LogP contribution in [-0.4, -0.2) is 47.0 Å². The number of hydrogen-bond donors (Lipinski definition) is 1. The molecule has 1 aliphatic carbocycles. The fourth-order valence-electron chi connectivity index (χ4n) is 5.35. The van der Waals surface area contributed by atoms with Crippen LogP contribution in [0.5, 0.6) is 5.75 Å². The highest BCUT2D eigenvalue weighted by atomic mass is 35.5. The van der Waals surface area contributed by atoms with E-state index >= 15 is 0 Å². The van der Waals surface area contributed by atoms with Crippen LogP contribution in [0.15, 0.2) is 41.1 Å². The molecule has 0 aromatic heterocycles. The molecule has 0 radical (unpaired) electrons. The normalized spacial score (nSPS) is 25.6. The van der Waals surface area contributed by atoms with Crippen molar-refractivity contribution in [2.45, 2.75) is 63.5 Å². The first kappa shape index (κ1) is 22.5. The second kappa shape index (κ2) is 8.48. The van der Waals surface area contributed by atoms with Gasteiger partial charge >= 0.3 is 5.97 Å². The van der Waals surface area contributed by atoms with Gasteiger partial charge in [-0.05, 0) is 29.9 Å². The third kappa shape index (κ3) is 4.43. The standard InChI is InChI=1S/C26H31ClN2O4/c1-25(2)9-12-32-23-20(25)13-17(14-21(23)27)16-29-10-7-26(8-11-29)15-22(28-33-26)18-3-5-19(6-4-18)24(30)31/h3,5-6,13-14,18H,4,7-12,15-16H2,1-2H3,(H,30,31). The number of carboxylic acids is 1. The SMILES string of the molecule is CC1(C)CCOc2c(Cl)cc(CN3CCC4(CC3)CC(C3C=CC(C(=O)O)=CC3)=NO4)cc21. The average Bonchev–Trinajstić information content (AvgIpc) is 3.20. The van der Waals surface area contributed by atoms with E-state index in [4.69, 9.17) is 26.3 Å².